The molecule has 1 N–H and O–H groups in total. The summed E-state index contributed by atoms with van der Waals surface area (Å²) >= 11 is 0. The minimum atomic E-state index is -0.816. The van der Waals surface area contributed by atoms with Gasteiger partial charge in [0.2, 0.25) is 0 Å². The maximum absolute atomic E-state index is 11.4. The largest absolute Gasteiger partial charge is 0.493 e. The summed E-state index contributed by atoms with van der Waals surface area (Å²) in [5.41, 5.74) is 1.69. The van der Waals surface area contributed by atoms with Crippen molar-refractivity contribution in [2.24, 2.45) is 17.3 Å². The van der Waals surface area contributed by atoms with E-state index in [-0.39, 0.29) is 22.9 Å². The Bertz CT molecular complexity index is 983. The summed E-state index contributed by atoms with van der Waals surface area (Å²) in [4.78, 5) is 2.84. The quantitative estimate of drug-likeness (QED) is 0.758. The molecule has 0 aromatic heterocycles. The Hall–Kier alpha value is -1.30. The van der Waals surface area contributed by atoms with E-state index in [1.165, 1.54) is 30.5 Å². The van der Waals surface area contributed by atoms with Gasteiger partial charge in [0.25, 0.3) is 0 Å². The molecular formula is C27H37NO4. The molecule has 2 heterocycles. The first kappa shape index (κ1) is 20.1. The van der Waals surface area contributed by atoms with Crippen LogP contribution >= 0.6 is 0 Å². The van der Waals surface area contributed by atoms with Gasteiger partial charge in [0, 0.05) is 42.0 Å². The molecule has 1 saturated heterocycles. The molecule has 1 aromatic rings. The second-order valence-electron chi connectivity index (χ2n) is 12.2. The van der Waals surface area contributed by atoms with Gasteiger partial charge in [-0.25, -0.2) is 0 Å². The lowest BCUT2D eigenvalue weighted by Gasteiger charge is -2.75. The zero-order valence-electron chi connectivity index (χ0n) is 19.9. The van der Waals surface area contributed by atoms with Crippen LogP contribution in [0.4, 0.5) is 0 Å². The lowest BCUT2D eigenvalue weighted by molar-refractivity contribution is -0.300. The molecule has 2 aliphatic heterocycles. The summed E-state index contributed by atoms with van der Waals surface area (Å²) in [7, 11) is 3.60. The lowest BCUT2D eigenvalue weighted by Crippen LogP contribution is -2.82. The average Bonchev–Trinajstić information content (AvgIpc) is 3.51. The number of rotatable bonds is 5. The molecule has 32 heavy (non-hydrogen) atoms. The number of piperidine rings is 1. The van der Waals surface area contributed by atoms with Gasteiger partial charge in [-0.2, -0.15) is 0 Å². The van der Waals surface area contributed by atoms with Crippen LogP contribution in [0.3, 0.4) is 0 Å². The number of hydrogen-bond acceptors (Lipinski definition) is 5. The smallest absolute Gasteiger partial charge is 0.165 e. The molecule has 5 fully saturated rings. The van der Waals surface area contributed by atoms with Crippen molar-refractivity contribution in [1.82, 2.24) is 4.90 Å². The molecule has 5 nitrogen and oxygen atoms in total. The van der Waals surface area contributed by atoms with Gasteiger partial charge in [-0.05, 0) is 82.9 Å². The highest BCUT2D eigenvalue weighted by molar-refractivity contribution is 5.63. The number of fused-ring (bicyclic) bond motifs is 2. The van der Waals surface area contributed by atoms with Crippen molar-refractivity contribution in [3.63, 3.8) is 0 Å². The number of nitrogens with zero attached hydrogens (tertiary/aromatic N) is 1. The Labute approximate surface area is 191 Å². The normalized spacial score (nSPS) is 43.7. The molecular weight excluding hydrogens is 402 g/mol. The summed E-state index contributed by atoms with van der Waals surface area (Å²) in [6.45, 7) is 6.36. The molecule has 1 aromatic carbocycles. The van der Waals surface area contributed by atoms with E-state index < -0.39 is 11.2 Å². The highest BCUT2D eigenvalue weighted by atomic mass is 16.6. The van der Waals surface area contributed by atoms with Crippen LogP contribution in [0.15, 0.2) is 12.1 Å². The van der Waals surface area contributed by atoms with Crippen molar-refractivity contribution in [1.29, 1.82) is 0 Å². The van der Waals surface area contributed by atoms with Gasteiger partial charge < -0.3 is 19.3 Å². The molecule has 174 valence electrons. The van der Waals surface area contributed by atoms with Crippen molar-refractivity contribution in [2.75, 3.05) is 27.3 Å². The van der Waals surface area contributed by atoms with Crippen LogP contribution < -0.4 is 9.47 Å². The Morgan fingerprint density at radius 1 is 1.19 bits per heavy atom. The minimum Gasteiger partial charge on any atom is -0.493 e. The van der Waals surface area contributed by atoms with Crippen molar-refractivity contribution < 1.29 is 19.3 Å². The van der Waals surface area contributed by atoms with E-state index in [4.69, 9.17) is 14.2 Å². The van der Waals surface area contributed by atoms with Gasteiger partial charge in [-0.15, -0.1) is 0 Å². The molecule has 0 unspecified atom stereocenters. The molecule has 4 bridgehead atoms. The summed E-state index contributed by atoms with van der Waals surface area (Å²) in [5.74, 6) is 2.76. The summed E-state index contributed by atoms with van der Waals surface area (Å²) in [6, 6.07) is 4.94. The van der Waals surface area contributed by atoms with Crippen LogP contribution in [-0.2, 0) is 16.6 Å². The Kier molecular flexibility index (Phi) is 3.79. The first-order valence-corrected chi connectivity index (χ1v) is 12.7. The molecule has 6 atom stereocenters. The van der Waals surface area contributed by atoms with Gasteiger partial charge in [0.1, 0.15) is 11.7 Å². The Morgan fingerprint density at radius 2 is 2.00 bits per heavy atom. The Morgan fingerprint density at radius 3 is 2.69 bits per heavy atom. The maximum atomic E-state index is 11.4. The van der Waals surface area contributed by atoms with Crippen LogP contribution in [0, 0.1) is 17.3 Å². The molecule has 0 radical (unpaired) electrons. The predicted molar refractivity (Wildman–Crippen MR) is 121 cm³/mol. The van der Waals surface area contributed by atoms with Crippen LogP contribution in [0.1, 0.15) is 63.5 Å². The number of hydrogen-bond donors (Lipinski definition) is 1. The second kappa shape index (κ2) is 6.03. The van der Waals surface area contributed by atoms with E-state index in [0.717, 1.165) is 56.1 Å². The average molecular weight is 440 g/mol. The molecule has 0 amide bonds. The number of likely N-dealkylation sites (tertiary alicyclic amines) is 1. The third kappa shape index (κ3) is 2.09. The predicted octanol–water partition coefficient (Wildman–Crippen LogP) is 3.69. The molecule has 5 heteroatoms. The summed E-state index contributed by atoms with van der Waals surface area (Å²) < 4.78 is 19.3. The van der Waals surface area contributed by atoms with Crippen molar-refractivity contribution in [2.45, 2.75) is 87.6 Å². The van der Waals surface area contributed by atoms with Crippen LogP contribution in [0.5, 0.6) is 11.5 Å². The number of methoxy groups -OCH3 is 2. The van der Waals surface area contributed by atoms with Gasteiger partial charge in [-0.1, -0.05) is 6.07 Å². The van der Waals surface area contributed by atoms with Crippen molar-refractivity contribution >= 4 is 0 Å². The molecule has 4 saturated carbocycles. The van der Waals surface area contributed by atoms with Crippen LogP contribution in [-0.4, -0.2) is 60.7 Å². The van der Waals surface area contributed by atoms with Crippen LogP contribution in [0.2, 0.25) is 0 Å². The molecule has 8 rings (SSSR count). The van der Waals surface area contributed by atoms with Crippen molar-refractivity contribution in [3.8, 4) is 11.5 Å². The highest BCUT2D eigenvalue weighted by Gasteiger charge is 2.81. The fourth-order valence-electron chi connectivity index (χ4n) is 9.38. The van der Waals surface area contributed by atoms with E-state index in [1.54, 1.807) is 7.11 Å². The third-order valence-electron chi connectivity index (χ3n) is 10.7. The van der Waals surface area contributed by atoms with E-state index >= 15 is 0 Å². The number of aliphatic hydroxyl groups is 1. The fraction of sp³-hybridized carbons (Fsp3) is 0.778. The zero-order chi connectivity index (χ0) is 22.1. The van der Waals surface area contributed by atoms with Crippen LogP contribution in [0.25, 0.3) is 0 Å². The van der Waals surface area contributed by atoms with E-state index in [9.17, 15) is 5.11 Å². The molecule has 5 aliphatic carbocycles. The zero-order valence-corrected chi connectivity index (χ0v) is 19.9. The molecule has 7 aliphatic rings. The number of ether oxygens (including phenoxy) is 3. The maximum Gasteiger partial charge on any atom is 0.165 e. The van der Waals surface area contributed by atoms with Gasteiger partial charge in [0.15, 0.2) is 11.5 Å². The minimum absolute atomic E-state index is 0.0365. The summed E-state index contributed by atoms with van der Waals surface area (Å²) in [6.07, 6.45) is 8.09. The Balaban J connectivity index is 1.49. The van der Waals surface area contributed by atoms with Gasteiger partial charge >= 0.3 is 0 Å². The first-order valence-electron chi connectivity index (χ1n) is 12.7. The van der Waals surface area contributed by atoms with Crippen molar-refractivity contribution in [3.05, 3.63) is 23.3 Å². The molecule has 2 spiro atoms. The van der Waals surface area contributed by atoms with E-state index in [2.05, 4.69) is 17.0 Å². The van der Waals surface area contributed by atoms with Gasteiger partial charge in [-0.3, -0.25) is 4.90 Å². The topological polar surface area (TPSA) is 51.2 Å². The van der Waals surface area contributed by atoms with Gasteiger partial charge in [0.05, 0.1) is 12.7 Å². The fourth-order valence-corrected chi connectivity index (χ4v) is 9.38. The first-order chi connectivity index (χ1) is 15.3. The third-order valence-corrected chi connectivity index (χ3v) is 10.7. The van der Waals surface area contributed by atoms with E-state index in [0.29, 0.717) is 6.04 Å². The second-order valence-corrected chi connectivity index (χ2v) is 12.2. The summed E-state index contributed by atoms with van der Waals surface area (Å²) in [5, 5.41) is 11.4. The van der Waals surface area contributed by atoms with E-state index in [1.807, 2.05) is 21.0 Å². The lowest BCUT2D eigenvalue weighted by atomic mass is 9.34. The highest BCUT2D eigenvalue weighted by Crippen LogP contribution is 2.77. The monoisotopic (exact) mass is 439 g/mol. The standard InChI is InChI=1S/C27H37NO4/c1-24(2,29)19-14-25-9-10-27(19,31-4)23-26(25)11-12-28(15-16-5-6-16)20(25)13-17-7-8-18(30-3)22(32-23)21(17)26/h7-8,16,19-20,23,29H,5-6,9-15H2,1-4H3/t19-,20+,23+,25+,26-,27+/m0/s1. The SMILES string of the molecule is COc1ccc2c3c1O[C@H]1[C@@]4(OC)CC[C@@]5(C[C@H]4C(C)(C)O)[C@@H](C2)N(CC2CC2)CC[C@]315. The number of benzene rings is 1.